The minimum absolute atomic E-state index is 0.223. The highest BCUT2D eigenvalue weighted by Crippen LogP contribution is 2.30. The summed E-state index contributed by atoms with van der Waals surface area (Å²) in [6.45, 7) is 1.84. The number of benzene rings is 1. The summed E-state index contributed by atoms with van der Waals surface area (Å²) in [7, 11) is 3.18. The molecule has 0 atom stereocenters. The summed E-state index contributed by atoms with van der Waals surface area (Å²) < 4.78 is 10.5. The molecule has 0 fully saturated rings. The molecule has 1 aromatic heterocycles. The monoisotopic (exact) mass is 304 g/mol. The standard InChI is InChI=1S/C14H16N4O2S/c1-8-6-11(13(15)21)18-14(16-8)17-10-7-9(19-2)4-5-12(10)20-3/h4-7H,1-3H3,(H2,15,21)(H,16,17,18). The summed E-state index contributed by atoms with van der Waals surface area (Å²) in [5, 5.41) is 3.09. The fourth-order valence-corrected chi connectivity index (χ4v) is 1.89. The van der Waals surface area contributed by atoms with Crippen LogP contribution >= 0.6 is 12.2 Å². The van der Waals surface area contributed by atoms with Gasteiger partial charge in [0.1, 0.15) is 22.2 Å². The van der Waals surface area contributed by atoms with Crippen LogP contribution in [0.1, 0.15) is 11.4 Å². The van der Waals surface area contributed by atoms with Gasteiger partial charge in [0.2, 0.25) is 5.95 Å². The topological polar surface area (TPSA) is 82.3 Å². The molecule has 0 aliphatic heterocycles. The number of hydrogen-bond acceptors (Lipinski definition) is 6. The van der Waals surface area contributed by atoms with E-state index in [1.165, 1.54) is 0 Å². The van der Waals surface area contributed by atoms with Crippen LogP contribution in [0.3, 0.4) is 0 Å². The molecule has 0 bridgehead atoms. The van der Waals surface area contributed by atoms with E-state index >= 15 is 0 Å². The van der Waals surface area contributed by atoms with Crippen molar-refractivity contribution < 1.29 is 9.47 Å². The smallest absolute Gasteiger partial charge is 0.228 e. The predicted octanol–water partition coefficient (Wildman–Crippen LogP) is 2.18. The van der Waals surface area contributed by atoms with Crippen LogP contribution in [-0.4, -0.2) is 29.2 Å². The average Bonchev–Trinajstić information content (AvgIpc) is 2.46. The lowest BCUT2D eigenvalue weighted by atomic mass is 10.2. The maximum absolute atomic E-state index is 5.62. The van der Waals surface area contributed by atoms with Crippen LogP contribution in [0.4, 0.5) is 11.6 Å². The summed E-state index contributed by atoms with van der Waals surface area (Å²) in [5.41, 5.74) is 7.58. The third-order valence-electron chi connectivity index (χ3n) is 2.76. The molecule has 1 aromatic carbocycles. The van der Waals surface area contributed by atoms with Crippen molar-refractivity contribution in [2.45, 2.75) is 6.92 Å². The Morgan fingerprint density at radius 2 is 1.95 bits per heavy atom. The van der Waals surface area contributed by atoms with E-state index in [0.29, 0.717) is 28.8 Å². The van der Waals surface area contributed by atoms with Gasteiger partial charge in [-0.3, -0.25) is 0 Å². The quantitative estimate of drug-likeness (QED) is 0.819. The Balaban J connectivity index is 2.39. The Hall–Kier alpha value is -2.41. The first-order valence-corrected chi connectivity index (χ1v) is 6.59. The van der Waals surface area contributed by atoms with E-state index in [2.05, 4.69) is 15.3 Å². The van der Waals surface area contributed by atoms with E-state index in [4.69, 9.17) is 27.4 Å². The normalized spacial score (nSPS) is 10.0. The number of hydrogen-bond donors (Lipinski definition) is 2. The minimum Gasteiger partial charge on any atom is -0.497 e. The highest BCUT2D eigenvalue weighted by Gasteiger charge is 2.09. The van der Waals surface area contributed by atoms with Crippen molar-refractivity contribution >= 4 is 28.8 Å². The highest BCUT2D eigenvalue weighted by atomic mass is 32.1. The molecule has 110 valence electrons. The van der Waals surface area contributed by atoms with Crippen LogP contribution < -0.4 is 20.5 Å². The molecule has 2 aromatic rings. The van der Waals surface area contributed by atoms with Crippen LogP contribution in [-0.2, 0) is 0 Å². The number of rotatable bonds is 5. The number of anilines is 2. The molecule has 2 rings (SSSR count). The molecular weight excluding hydrogens is 288 g/mol. The number of nitrogens with one attached hydrogen (secondary N) is 1. The molecule has 0 amide bonds. The van der Waals surface area contributed by atoms with E-state index in [0.717, 1.165) is 5.69 Å². The van der Waals surface area contributed by atoms with Crippen LogP contribution in [0, 0.1) is 6.92 Å². The van der Waals surface area contributed by atoms with Gasteiger partial charge in [-0.2, -0.15) is 0 Å². The Morgan fingerprint density at radius 3 is 2.57 bits per heavy atom. The van der Waals surface area contributed by atoms with Crippen molar-refractivity contribution in [3.8, 4) is 11.5 Å². The third kappa shape index (κ3) is 3.57. The summed E-state index contributed by atoms with van der Waals surface area (Å²) in [6.07, 6.45) is 0. The average molecular weight is 304 g/mol. The summed E-state index contributed by atoms with van der Waals surface area (Å²) >= 11 is 4.95. The lowest BCUT2D eigenvalue weighted by molar-refractivity contribution is 0.405. The van der Waals surface area contributed by atoms with Crippen molar-refractivity contribution in [2.24, 2.45) is 5.73 Å². The molecule has 0 spiro atoms. The van der Waals surface area contributed by atoms with Crippen molar-refractivity contribution in [3.63, 3.8) is 0 Å². The molecule has 0 saturated carbocycles. The van der Waals surface area contributed by atoms with Crippen LogP contribution in [0.15, 0.2) is 24.3 Å². The number of nitrogens with two attached hydrogens (primary N) is 1. The summed E-state index contributed by atoms with van der Waals surface area (Å²) in [6, 6.07) is 7.13. The SMILES string of the molecule is COc1ccc(OC)c(Nc2nc(C)cc(C(N)=S)n2)c1. The number of aromatic nitrogens is 2. The number of aryl methyl sites for hydroxylation is 1. The molecule has 1 heterocycles. The zero-order valence-corrected chi connectivity index (χ0v) is 12.8. The Morgan fingerprint density at radius 1 is 1.19 bits per heavy atom. The van der Waals surface area contributed by atoms with Crippen LogP contribution in [0.2, 0.25) is 0 Å². The predicted molar refractivity (Wildman–Crippen MR) is 85.5 cm³/mol. The fraction of sp³-hybridized carbons (Fsp3) is 0.214. The van der Waals surface area contributed by atoms with E-state index in [-0.39, 0.29) is 4.99 Å². The van der Waals surface area contributed by atoms with Crippen molar-refractivity contribution in [1.29, 1.82) is 0 Å². The zero-order chi connectivity index (χ0) is 15.4. The fourth-order valence-electron chi connectivity index (χ4n) is 1.78. The molecular formula is C14H16N4O2S. The summed E-state index contributed by atoms with van der Waals surface area (Å²) in [5.74, 6) is 1.74. The lowest BCUT2D eigenvalue weighted by Crippen LogP contribution is -2.14. The molecule has 0 radical (unpaired) electrons. The maximum atomic E-state index is 5.62. The largest absolute Gasteiger partial charge is 0.497 e. The molecule has 0 unspecified atom stereocenters. The van der Waals surface area contributed by atoms with Gasteiger partial charge in [0.05, 0.1) is 19.9 Å². The van der Waals surface area contributed by atoms with Gasteiger partial charge < -0.3 is 20.5 Å². The molecule has 0 saturated heterocycles. The zero-order valence-electron chi connectivity index (χ0n) is 12.0. The molecule has 7 heteroatoms. The van der Waals surface area contributed by atoms with Gasteiger partial charge in [-0.1, -0.05) is 12.2 Å². The van der Waals surface area contributed by atoms with Crippen LogP contribution in [0.25, 0.3) is 0 Å². The van der Waals surface area contributed by atoms with Gasteiger partial charge in [0, 0.05) is 11.8 Å². The van der Waals surface area contributed by atoms with Gasteiger partial charge in [0.25, 0.3) is 0 Å². The lowest BCUT2D eigenvalue weighted by Gasteiger charge is -2.12. The highest BCUT2D eigenvalue weighted by molar-refractivity contribution is 7.80. The van der Waals surface area contributed by atoms with Gasteiger partial charge >= 0.3 is 0 Å². The Bertz CT molecular complexity index is 676. The van der Waals surface area contributed by atoms with Gasteiger partial charge in [-0.25, -0.2) is 9.97 Å². The maximum Gasteiger partial charge on any atom is 0.228 e. The van der Waals surface area contributed by atoms with Crippen molar-refractivity contribution in [1.82, 2.24) is 9.97 Å². The van der Waals surface area contributed by atoms with E-state index in [1.807, 2.05) is 13.0 Å². The van der Waals surface area contributed by atoms with Gasteiger partial charge in [-0.15, -0.1) is 0 Å². The molecule has 0 aliphatic rings. The first-order chi connectivity index (χ1) is 10.0. The molecule has 3 N–H and O–H groups in total. The number of nitrogens with zero attached hydrogens (tertiary/aromatic N) is 2. The van der Waals surface area contributed by atoms with Crippen LogP contribution in [0.5, 0.6) is 11.5 Å². The molecule has 6 nitrogen and oxygen atoms in total. The minimum atomic E-state index is 0.223. The van der Waals surface area contributed by atoms with Crippen molar-refractivity contribution in [3.05, 3.63) is 35.7 Å². The second-order valence-electron chi connectivity index (χ2n) is 4.27. The molecule has 21 heavy (non-hydrogen) atoms. The number of methoxy groups -OCH3 is 2. The second kappa shape index (κ2) is 6.36. The van der Waals surface area contributed by atoms with Gasteiger partial charge in [-0.05, 0) is 25.1 Å². The van der Waals surface area contributed by atoms with Crippen molar-refractivity contribution in [2.75, 3.05) is 19.5 Å². The van der Waals surface area contributed by atoms with E-state index in [9.17, 15) is 0 Å². The Kier molecular flexibility index (Phi) is 4.54. The first-order valence-electron chi connectivity index (χ1n) is 6.18. The first kappa shape index (κ1) is 15.0. The number of thiocarbonyl (C=S) groups is 1. The Labute approximate surface area is 128 Å². The number of ether oxygens (including phenoxy) is 2. The second-order valence-corrected chi connectivity index (χ2v) is 4.71. The molecule has 0 aliphatic carbocycles. The van der Waals surface area contributed by atoms with Gasteiger partial charge in [0.15, 0.2) is 0 Å². The summed E-state index contributed by atoms with van der Waals surface area (Å²) in [4.78, 5) is 8.81. The third-order valence-corrected chi connectivity index (χ3v) is 2.97. The van der Waals surface area contributed by atoms with E-state index < -0.39 is 0 Å². The van der Waals surface area contributed by atoms with E-state index in [1.54, 1.807) is 32.4 Å².